The Morgan fingerprint density at radius 3 is 1.98 bits per heavy atom. The van der Waals surface area contributed by atoms with Crippen molar-refractivity contribution < 1.29 is 69.2 Å². The molecule has 0 bridgehead atoms. The van der Waals surface area contributed by atoms with E-state index in [1.165, 1.54) is 0 Å². The van der Waals surface area contributed by atoms with Gasteiger partial charge in [0.05, 0.1) is 48.9 Å². The molecule has 2 aromatic heterocycles. The van der Waals surface area contributed by atoms with E-state index in [4.69, 9.17) is 44.4 Å². The fourth-order valence-corrected chi connectivity index (χ4v) is 3.77. The molecule has 0 unspecified atom stereocenters. The number of furan rings is 1. The number of pyridine rings is 1. The van der Waals surface area contributed by atoms with Gasteiger partial charge in [-0.3, -0.25) is 9.78 Å². The SMILES string of the molecule is CCOc1cc(OC(C)C)c(F)c(N(Cc2cccc(-c3ccoc3)n2)c2ccc(C(N)=O)cc2)c1.O=C(O)C(F)(F)F.O=C(O)C(F)(F)F. The molecule has 18 heteroatoms. The van der Waals surface area contributed by atoms with E-state index in [0.29, 0.717) is 29.3 Å². The summed E-state index contributed by atoms with van der Waals surface area (Å²) in [6.45, 7) is 6.16. The number of ether oxygens (including phenoxy) is 2. The molecule has 0 saturated carbocycles. The van der Waals surface area contributed by atoms with Crippen molar-refractivity contribution >= 4 is 29.2 Å². The van der Waals surface area contributed by atoms with Crippen LogP contribution in [0.4, 0.5) is 42.1 Å². The Labute approximate surface area is 279 Å². The van der Waals surface area contributed by atoms with Crippen LogP contribution in [0.15, 0.2) is 77.6 Å². The molecule has 0 atom stereocenters. The number of benzene rings is 2. The first-order valence-corrected chi connectivity index (χ1v) is 14.1. The van der Waals surface area contributed by atoms with Crippen molar-refractivity contribution in [2.24, 2.45) is 5.73 Å². The molecule has 0 radical (unpaired) electrons. The quantitative estimate of drug-likeness (QED) is 0.141. The second-order valence-electron chi connectivity index (χ2n) is 9.98. The van der Waals surface area contributed by atoms with Crippen molar-refractivity contribution in [1.29, 1.82) is 0 Å². The zero-order chi connectivity index (χ0) is 37.8. The highest BCUT2D eigenvalue weighted by atomic mass is 19.4. The molecule has 0 aliphatic carbocycles. The maximum Gasteiger partial charge on any atom is 0.490 e. The normalized spacial score (nSPS) is 11.0. The van der Waals surface area contributed by atoms with Crippen molar-refractivity contribution in [3.63, 3.8) is 0 Å². The van der Waals surface area contributed by atoms with Gasteiger partial charge in [0.25, 0.3) is 0 Å². The van der Waals surface area contributed by atoms with Crippen molar-refractivity contribution in [2.45, 2.75) is 45.8 Å². The lowest BCUT2D eigenvalue weighted by Crippen LogP contribution is -2.21. The number of primary amides is 1. The van der Waals surface area contributed by atoms with E-state index in [-0.39, 0.29) is 24.1 Å². The fraction of sp³-hybridized carbons (Fsp3) is 0.250. The molecule has 2 heterocycles. The molecule has 0 aliphatic heterocycles. The molecule has 11 nitrogen and oxygen atoms in total. The molecule has 2 aromatic carbocycles. The predicted octanol–water partition coefficient (Wildman–Crippen LogP) is 7.37. The highest BCUT2D eigenvalue weighted by Crippen LogP contribution is 2.38. The van der Waals surface area contributed by atoms with E-state index in [1.807, 2.05) is 45.0 Å². The molecule has 270 valence electrons. The molecule has 4 N–H and O–H groups in total. The third-order valence-electron chi connectivity index (χ3n) is 5.85. The number of anilines is 2. The minimum Gasteiger partial charge on any atom is -0.494 e. The summed E-state index contributed by atoms with van der Waals surface area (Å²) >= 11 is 0. The Balaban J connectivity index is 0.000000521. The second kappa shape index (κ2) is 17.5. The van der Waals surface area contributed by atoms with Gasteiger partial charge in [0.2, 0.25) is 5.91 Å². The second-order valence-corrected chi connectivity index (χ2v) is 9.98. The van der Waals surface area contributed by atoms with Crippen LogP contribution < -0.4 is 20.1 Å². The molecule has 4 aromatic rings. The minimum absolute atomic E-state index is 0.0878. The van der Waals surface area contributed by atoms with E-state index >= 15 is 4.39 Å². The Morgan fingerprint density at radius 1 is 0.940 bits per heavy atom. The first kappa shape index (κ1) is 40.4. The number of nitrogens with two attached hydrogens (primary N) is 1. The lowest BCUT2D eigenvalue weighted by atomic mass is 10.1. The van der Waals surface area contributed by atoms with Gasteiger partial charge in [-0.05, 0) is 63.2 Å². The van der Waals surface area contributed by atoms with Gasteiger partial charge >= 0.3 is 24.3 Å². The fourth-order valence-electron chi connectivity index (χ4n) is 3.77. The third kappa shape index (κ3) is 12.3. The average Bonchev–Trinajstić information content (AvgIpc) is 3.57. The lowest BCUT2D eigenvalue weighted by molar-refractivity contribution is -0.193. The van der Waals surface area contributed by atoms with E-state index in [2.05, 4.69) is 0 Å². The molecule has 0 aliphatic rings. The summed E-state index contributed by atoms with van der Waals surface area (Å²) in [5.74, 6) is -6.02. The van der Waals surface area contributed by atoms with E-state index in [9.17, 15) is 31.1 Å². The number of aliphatic carboxylic acids is 2. The van der Waals surface area contributed by atoms with Crippen molar-refractivity contribution in [1.82, 2.24) is 4.98 Å². The number of carboxylic acids is 2. The maximum absolute atomic E-state index is 15.9. The molecular formula is C32H30F7N3O8. The number of carbonyl (C=O) groups excluding carboxylic acids is 1. The zero-order valence-electron chi connectivity index (χ0n) is 26.4. The van der Waals surface area contributed by atoms with Gasteiger partial charge in [-0.15, -0.1) is 0 Å². The summed E-state index contributed by atoms with van der Waals surface area (Å²) < 4.78 is 96.0. The van der Waals surface area contributed by atoms with Gasteiger partial charge in [-0.1, -0.05) is 6.07 Å². The van der Waals surface area contributed by atoms with Crippen LogP contribution in [0, 0.1) is 5.82 Å². The molecule has 0 saturated heterocycles. The number of amides is 1. The summed E-state index contributed by atoms with van der Waals surface area (Å²) in [7, 11) is 0. The number of nitrogens with zero attached hydrogens (tertiary/aromatic N) is 2. The standard InChI is InChI=1S/C28H28FN3O4.2C2HF3O2/c1-4-35-23-14-25(27(29)26(15-23)36-18(2)3)32(22-10-8-19(9-11-22)28(30)33)16-21-6-5-7-24(31-21)20-12-13-34-17-20;2*3-2(4,5)1(6)7/h5-15,17-18H,4,16H2,1-3H3,(H2,30,33);2*(H,6,7). The number of hydrogen-bond donors (Lipinski definition) is 3. The molecule has 4 rings (SSSR count). The van der Waals surface area contributed by atoms with Gasteiger partial charge in [-0.2, -0.15) is 26.3 Å². The van der Waals surface area contributed by atoms with Crippen LogP contribution in [0.1, 0.15) is 36.8 Å². The largest absolute Gasteiger partial charge is 0.494 e. The summed E-state index contributed by atoms with van der Waals surface area (Å²) in [5, 5.41) is 14.2. The molecule has 0 spiro atoms. The van der Waals surface area contributed by atoms with Gasteiger partial charge in [0, 0.05) is 28.9 Å². The van der Waals surface area contributed by atoms with Crippen LogP contribution in [0.25, 0.3) is 11.3 Å². The summed E-state index contributed by atoms with van der Waals surface area (Å²) in [6, 6.07) is 17.3. The van der Waals surface area contributed by atoms with Crippen LogP contribution in [0.2, 0.25) is 0 Å². The smallest absolute Gasteiger partial charge is 0.490 e. The zero-order valence-corrected chi connectivity index (χ0v) is 26.4. The monoisotopic (exact) mass is 717 g/mol. The number of alkyl halides is 6. The minimum atomic E-state index is -5.08. The first-order valence-electron chi connectivity index (χ1n) is 14.1. The van der Waals surface area contributed by atoms with Crippen LogP contribution in [0.5, 0.6) is 11.5 Å². The van der Waals surface area contributed by atoms with E-state index in [1.54, 1.807) is 53.8 Å². The average molecular weight is 718 g/mol. The molecule has 1 amide bonds. The Hall–Kier alpha value is -5.81. The van der Waals surface area contributed by atoms with Crippen LogP contribution in [-0.4, -0.2) is 58.1 Å². The topological polar surface area (TPSA) is 165 Å². The predicted molar refractivity (Wildman–Crippen MR) is 163 cm³/mol. The maximum atomic E-state index is 15.9. The number of halogens is 7. The number of carboxylic acid groups (broad SMARTS) is 2. The van der Waals surface area contributed by atoms with Crippen molar-refractivity contribution in [3.8, 4) is 22.8 Å². The third-order valence-corrected chi connectivity index (χ3v) is 5.85. The lowest BCUT2D eigenvalue weighted by Gasteiger charge is -2.27. The number of aromatic nitrogens is 1. The van der Waals surface area contributed by atoms with Gasteiger partial charge in [0.15, 0.2) is 11.6 Å². The van der Waals surface area contributed by atoms with Crippen molar-refractivity contribution in [2.75, 3.05) is 11.5 Å². The summed E-state index contributed by atoms with van der Waals surface area (Å²) in [6.07, 6.45) is -7.20. The van der Waals surface area contributed by atoms with E-state index < -0.39 is 36.0 Å². The number of carbonyl (C=O) groups is 3. The Kier molecular flexibility index (Phi) is 14.2. The molecule has 0 fully saturated rings. The van der Waals surface area contributed by atoms with Crippen molar-refractivity contribution in [3.05, 3.63) is 90.3 Å². The van der Waals surface area contributed by atoms with Crippen LogP contribution >= 0.6 is 0 Å². The van der Waals surface area contributed by atoms with E-state index in [0.717, 1.165) is 11.3 Å². The number of hydrogen-bond acceptors (Lipinski definition) is 8. The highest BCUT2D eigenvalue weighted by Gasteiger charge is 2.38. The molecular weight excluding hydrogens is 687 g/mol. The highest BCUT2D eigenvalue weighted by molar-refractivity contribution is 5.93. The first-order chi connectivity index (χ1) is 23.2. The number of rotatable bonds is 10. The van der Waals surface area contributed by atoms with Gasteiger partial charge in [0.1, 0.15) is 5.75 Å². The Bertz CT molecular complexity index is 1700. The van der Waals surface area contributed by atoms with Gasteiger partial charge < -0.3 is 34.7 Å². The summed E-state index contributed by atoms with van der Waals surface area (Å²) in [5.41, 5.74) is 8.93. The van der Waals surface area contributed by atoms with Crippen LogP contribution in [-0.2, 0) is 16.1 Å². The summed E-state index contributed by atoms with van der Waals surface area (Å²) in [4.78, 5) is 35.9. The Morgan fingerprint density at radius 2 is 1.52 bits per heavy atom. The molecule has 50 heavy (non-hydrogen) atoms. The van der Waals surface area contributed by atoms with Gasteiger partial charge in [-0.25, -0.2) is 14.0 Å². The van der Waals surface area contributed by atoms with Crippen LogP contribution in [0.3, 0.4) is 0 Å².